The van der Waals surface area contributed by atoms with Gasteiger partial charge in [-0.3, -0.25) is 0 Å². The molecule has 1 aliphatic heterocycles. The molecule has 0 radical (unpaired) electrons. The van der Waals surface area contributed by atoms with Crippen LogP contribution in [0.15, 0.2) is 17.3 Å². The lowest BCUT2D eigenvalue weighted by atomic mass is 10.0. The number of thioether (sulfide) groups is 1. The molecular formula is C16H29NO2S. The van der Waals surface area contributed by atoms with E-state index in [2.05, 4.69) is 32.0 Å². The van der Waals surface area contributed by atoms with E-state index in [0.29, 0.717) is 0 Å². The van der Waals surface area contributed by atoms with Crippen molar-refractivity contribution in [3.05, 3.63) is 12.2 Å². The standard InChI is InChI=1S/C16H29NO2S/c1-4-6-15(17-18)7-5-10-16(2,3)20-13-14-8-11-19-12-9-14/h5,7,14,18H,4,6,8-13H2,1-3H3/b7-5?,17-15-. The summed E-state index contributed by atoms with van der Waals surface area (Å²) in [6.07, 6.45) is 9.35. The number of ether oxygens (including phenoxy) is 1. The van der Waals surface area contributed by atoms with Gasteiger partial charge in [-0.2, -0.15) is 11.8 Å². The molecule has 0 aromatic heterocycles. The molecule has 1 saturated heterocycles. The fourth-order valence-corrected chi connectivity index (χ4v) is 3.45. The van der Waals surface area contributed by atoms with Crippen LogP contribution in [0, 0.1) is 5.92 Å². The first-order chi connectivity index (χ1) is 9.57. The molecule has 116 valence electrons. The molecule has 4 heteroatoms. The molecule has 0 saturated carbocycles. The smallest absolute Gasteiger partial charge is 0.0792 e. The fraction of sp³-hybridized carbons (Fsp3) is 0.812. The van der Waals surface area contributed by atoms with Crippen LogP contribution in [-0.4, -0.2) is 34.6 Å². The van der Waals surface area contributed by atoms with Gasteiger partial charge in [-0.15, -0.1) is 0 Å². The molecule has 0 unspecified atom stereocenters. The highest BCUT2D eigenvalue weighted by Gasteiger charge is 2.21. The SMILES string of the molecule is CCC/C(C=CCC(C)(C)SCC1CCOCC1)=N/O. The molecule has 0 atom stereocenters. The van der Waals surface area contributed by atoms with Crippen LogP contribution < -0.4 is 0 Å². The van der Waals surface area contributed by atoms with Gasteiger partial charge in [0.15, 0.2) is 0 Å². The van der Waals surface area contributed by atoms with Crippen molar-refractivity contribution >= 4 is 17.5 Å². The maximum Gasteiger partial charge on any atom is 0.0792 e. The van der Waals surface area contributed by atoms with E-state index in [1.807, 2.05) is 17.8 Å². The summed E-state index contributed by atoms with van der Waals surface area (Å²) in [7, 11) is 0. The number of hydrogen-bond acceptors (Lipinski definition) is 4. The number of rotatable bonds is 8. The zero-order chi connectivity index (χ0) is 14.8. The Balaban J connectivity index is 2.30. The topological polar surface area (TPSA) is 41.8 Å². The van der Waals surface area contributed by atoms with Crippen LogP contribution in [0.5, 0.6) is 0 Å². The van der Waals surface area contributed by atoms with E-state index in [9.17, 15) is 0 Å². The molecule has 1 rings (SSSR count). The van der Waals surface area contributed by atoms with E-state index < -0.39 is 0 Å². The van der Waals surface area contributed by atoms with Crippen LogP contribution in [0.2, 0.25) is 0 Å². The summed E-state index contributed by atoms with van der Waals surface area (Å²) in [6.45, 7) is 8.53. The summed E-state index contributed by atoms with van der Waals surface area (Å²) in [4.78, 5) is 0. The lowest BCUT2D eigenvalue weighted by molar-refractivity contribution is 0.0727. The van der Waals surface area contributed by atoms with Gasteiger partial charge in [-0.05, 0) is 43.4 Å². The first-order valence-corrected chi connectivity index (χ1v) is 8.65. The number of allylic oxidation sites excluding steroid dienone is 2. The quantitative estimate of drug-likeness (QED) is 0.407. The van der Waals surface area contributed by atoms with Gasteiger partial charge in [0.1, 0.15) is 0 Å². The summed E-state index contributed by atoms with van der Waals surface area (Å²) >= 11 is 2.05. The third-order valence-electron chi connectivity index (χ3n) is 3.60. The van der Waals surface area contributed by atoms with E-state index >= 15 is 0 Å². The molecule has 1 fully saturated rings. The average molecular weight is 299 g/mol. The molecule has 0 aromatic carbocycles. The molecule has 0 bridgehead atoms. The highest BCUT2D eigenvalue weighted by atomic mass is 32.2. The van der Waals surface area contributed by atoms with Crippen molar-refractivity contribution in [3.8, 4) is 0 Å². The number of hydrogen-bond donors (Lipinski definition) is 1. The maximum atomic E-state index is 8.88. The van der Waals surface area contributed by atoms with Crippen LogP contribution in [-0.2, 0) is 4.74 Å². The molecule has 1 aliphatic rings. The van der Waals surface area contributed by atoms with Gasteiger partial charge in [0.05, 0.1) is 5.71 Å². The van der Waals surface area contributed by atoms with E-state index in [1.54, 1.807) is 0 Å². The summed E-state index contributed by atoms with van der Waals surface area (Å²) < 4.78 is 5.64. The van der Waals surface area contributed by atoms with Gasteiger partial charge in [0, 0.05) is 18.0 Å². The Bertz CT molecular complexity index is 320. The van der Waals surface area contributed by atoms with Crippen molar-refractivity contribution in [1.82, 2.24) is 0 Å². The second kappa shape index (κ2) is 9.46. The van der Waals surface area contributed by atoms with Crippen LogP contribution in [0.3, 0.4) is 0 Å². The van der Waals surface area contributed by atoms with Crippen molar-refractivity contribution in [2.24, 2.45) is 11.1 Å². The van der Waals surface area contributed by atoms with Crippen molar-refractivity contribution in [3.63, 3.8) is 0 Å². The van der Waals surface area contributed by atoms with Crippen LogP contribution in [0.25, 0.3) is 0 Å². The van der Waals surface area contributed by atoms with Crippen molar-refractivity contribution in [1.29, 1.82) is 0 Å². The largest absolute Gasteiger partial charge is 0.411 e. The van der Waals surface area contributed by atoms with E-state index in [-0.39, 0.29) is 4.75 Å². The maximum absolute atomic E-state index is 8.88. The van der Waals surface area contributed by atoms with Crippen molar-refractivity contribution in [2.45, 2.75) is 57.6 Å². The molecule has 0 amide bonds. The first-order valence-electron chi connectivity index (χ1n) is 7.66. The molecule has 0 spiro atoms. The average Bonchev–Trinajstić information content (AvgIpc) is 2.45. The summed E-state index contributed by atoms with van der Waals surface area (Å²) in [6, 6.07) is 0. The van der Waals surface area contributed by atoms with Crippen LogP contribution >= 0.6 is 11.8 Å². The molecule has 20 heavy (non-hydrogen) atoms. The third-order valence-corrected chi connectivity index (χ3v) is 5.19. The van der Waals surface area contributed by atoms with E-state index in [1.165, 1.54) is 18.6 Å². The molecular weight excluding hydrogens is 270 g/mol. The van der Waals surface area contributed by atoms with Gasteiger partial charge < -0.3 is 9.94 Å². The molecule has 1 N–H and O–H groups in total. The minimum atomic E-state index is 0.238. The summed E-state index contributed by atoms with van der Waals surface area (Å²) in [5, 5.41) is 12.2. The lowest BCUT2D eigenvalue weighted by Crippen LogP contribution is -2.21. The second-order valence-electron chi connectivity index (χ2n) is 6.07. The minimum absolute atomic E-state index is 0.238. The Morgan fingerprint density at radius 1 is 1.40 bits per heavy atom. The predicted molar refractivity (Wildman–Crippen MR) is 88.0 cm³/mol. The fourth-order valence-electron chi connectivity index (χ4n) is 2.22. The van der Waals surface area contributed by atoms with Gasteiger partial charge in [0.25, 0.3) is 0 Å². The minimum Gasteiger partial charge on any atom is -0.411 e. The number of nitrogens with zero attached hydrogens (tertiary/aromatic N) is 1. The first kappa shape index (κ1) is 17.6. The van der Waals surface area contributed by atoms with Gasteiger partial charge in [0.2, 0.25) is 0 Å². The Labute approximate surface area is 127 Å². The van der Waals surface area contributed by atoms with Gasteiger partial charge in [-0.1, -0.05) is 38.4 Å². The third kappa shape index (κ3) is 7.34. The van der Waals surface area contributed by atoms with Crippen molar-refractivity contribution < 1.29 is 9.94 Å². The zero-order valence-electron chi connectivity index (χ0n) is 13.1. The molecule has 1 heterocycles. The Morgan fingerprint density at radius 2 is 2.10 bits per heavy atom. The molecule has 3 nitrogen and oxygen atoms in total. The van der Waals surface area contributed by atoms with Crippen LogP contribution in [0.1, 0.15) is 52.9 Å². The van der Waals surface area contributed by atoms with Gasteiger partial charge >= 0.3 is 0 Å². The highest BCUT2D eigenvalue weighted by Crippen LogP contribution is 2.32. The molecule has 0 aliphatic carbocycles. The van der Waals surface area contributed by atoms with Crippen LogP contribution in [0.4, 0.5) is 0 Å². The second-order valence-corrected chi connectivity index (χ2v) is 7.80. The summed E-state index contributed by atoms with van der Waals surface area (Å²) in [5.41, 5.74) is 0.776. The monoisotopic (exact) mass is 299 g/mol. The van der Waals surface area contributed by atoms with Crippen molar-refractivity contribution in [2.75, 3.05) is 19.0 Å². The predicted octanol–water partition coefficient (Wildman–Crippen LogP) is 4.50. The van der Waals surface area contributed by atoms with E-state index in [0.717, 1.165) is 44.1 Å². The Hall–Kier alpha value is -0.480. The molecule has 0 aromatic rings. The zero-order valence-corrected chi connectivity index (χ0v) is 13.9. The lowest BCUT2D eigenvalue weighted by Gasteiger charge is -2.27. The van der Waals surface area contributed by atoms with E-state index in [4.69, 9.17) is 9.94 Å². The Morgan fingerprint density at radius 3 is 2.70 bits per heavy atom. The Kier molecular flexibility index (Phi) is 8.31. The normalized spacial score (nSPS) is 18.9. The van der Waals surface area contributed by atoms with Gasteiger partial charge in [-0.25, -0.2) is 0 Å². The summed E-state index contributed by atoms with van der Waals surface area (Å²) in [5.74, 6) is 2.03. The highest BCUT2D eigenvalue weighted by molar-refractivity contribution is 8.00. The number of oxime groups is 1.